The molecule has 1 atom stereocenters. The van der Waals surface area contributed by atoms with Crippen molar-refractivity contribution < 1.29 is 9.26 Å². The predicted octanol–water partition coefficient (Wildman–Crippen LogP) is -0.294. The zero-order valence-electron chi connectivity index (χ0n) is 8.19. The van der Waals surface area contributed by atoms with Crippen LogP contribution in [0.2, 0.25) is 0 Å². The van der Waals surface area contributed by atoms with Crippen LogP contribution in [0.25, 0.3) is 0 Å². The summed E-state index contributed by atoms with van der Waals surface area (Å²) in [6.45, 7) is 2.53. The van der Waals surface area contributed by atoms with E-state index in [4.69, 9.17) is 4.74 Å². The lowest BCUT2D eigenvalue weighted by molar-refractivity contribution is 0.0235. The first-order chi connectivity index (χ1) is 6.84. The Morgan fingerprint density at radius 1 is 1.53 bits per heavy atom. The van der Waals surface area contributed by atoms with Crippen LogP contribution in [0.4, 0.5) is 0 Å². The molecule has 0 unspecified atom stereocenters. The number of aromatic nitrogens is 2. The van der Waals surface area contributed by atoms with Crippen LogP contribution in [-0.4, -0.2) is 35.9 Å². The number of H-pyrrole nitrogens is 1. The molecule has 0 aliphatic carbocycles. The number of halogens is 1. The van der Waals surface area contributed by atoms with E-state index in [2.05, 4.69) is 20.0 Å². The number of rotatable bonds is 3. The Morgan fingerprint density at radius 3 is 3.00 bits per heavy atom. The molecule has 2 N–H and O–H groups in total. The fourth-order valence-corrected chi connectivity index (χ4v) is 1.47. The number of hydrogen-bond donors (Lipinski definition) is 2. The highest BCUT2D eigenvalue weighted by molar-refractivity contribution is 5.85. The van der Waals surface area contributed by atoms with Crippen LogP contribution in [0.3, 0.4) is 0 Å². The molecule has 86 valence electrons. The van der Waals surface area contributed by atoms with Crippen LogP contribution < -0.4 is 11.1 Å². The molecule has 15 heavy (non-hydrogen) atoms. The molecule has 1 aliphatic heterocycles. The molecule has 1 aromatic rings. The van der Waals surface area contributed by atoms with Crippen molar-refractivity contribution in [2.75, 3.05) is 19.7 Å². The molecule has 6 nitrogen and oxygen atoms in total. The van der Waals surface area contributed by atoms with Crippen molar-refractivity contribution in [2.24, 2.45) is 0 Å². The maximum Gasteiger partial charge on any atom is 0.438 e. The molecular formula is C8H14ClN3O3. The average Bonchev–Trinajstić information content (AvgIpc) is 2.63. The lowest BCUT2D eigenvalue weighted by Crippen LogP contribution is -2.38. The summed E-state index contributed by atoms with van der Waals surface area (Å²) in [5.74, 6) is 0.0897. The molecule has 0 spiro atoms. The third kappa shape index (κ3) is 3.65. The van der Waals surface area contributed by atoms with Crippen molar-refractivity contribution in [1.82, 2.24) is 15.5 Å². The molecule has 1 saturated heterocycles. The van der Waals surface area contributed by atoms with Gasteiger partial charge in [-0.05, 0) is 6.42 Å². The molecule has 1 aliphatic rings. The smallest absolute Gasteiger partial charge is 0.376 e. The van der Waals surface area contributed by atoms with Crippen molar-refractivity contribution in [3.8, 4) is 0 Å². The van der Waals surface area contributed by atoms with E-state index in [-0.39, 0.29) is 18.5 Å². The van der Waals surface area contributed by atoms with E-state index in [0.717, 1.165) is 26.1 Å². The largest absolute Gasteiger partial charge is 0.438 e. The monoisotopic (exact) mass is 235 g/mol. The Balaban J connectivity index is 0.00000112. The fourth-order valence-electron chi connectivity index (χ4n) is 1.47. The molecular weight excluding hydrogens is 222 g/mol. The second-order valence-corrected chi connectivity index (χ2v) is 3.28. The summed E-state index contributed by atoms with van der Waals surface area (Å²) in [7, 11) is 0. The van der Waals surface area contributed by atoms with Crippen LogP contribution in [0, 0.1) is 0 Å². The first kappa shape index (κ1) is 12.2. The highest BCUT2D eigenvalue weighted by Crippen LogP contribution is 2.04. The van der Waals surface area contributed by atoms with E-state index in [0.29, 0.717) is 12.2 Å². The van der Waals surface area contributed by atoms with Crippen LogP contribution >= 0.6 is 12.4 Å². The lowest BCUT2D eigenvalue weighted by atomic mass is 10.2. The summed E-state index contributed by atoms with van der Waals surface area (Å²) in [6.07, 6.45) is 1.73. The number of morpholine rings is 1. The van der Waals surface area contributed by atoms with Gasteiger partial charge in [-0.1, -0.05) is 5.16 Å². The normalized spacial score (nSPS) is 20.9. The third-order valence-electron chi connectivity index (χ3n) is 2.19. The van der Waals surface area contributed by atoms with Crippen LogP contribution in [0.15, 0.2) is 9.32 Å². The van der Waals surface area contributed by atoms with Crippen molar-refractivity contribution in [1.29, 1.82) is 0 Å². The molecule has 2 heterocycles. The number of ether oxygens (including phenoxy) is 1. The Hall–Kier alpha value is -0.850. The van der Waals surface area contributed by atoms with Gasteiger partial charge in [0.15, 0.2) is 5.82 Å². The average molecular weight is 236 g/mol. The second kappa shape index (κ2) is 5.89. The topological polar surface area (TPSA) is 80.2 Å². The van der Waals surface area contributed by atoms with Gasteiger partial charge in [0.25, 0.3) is 0 Å². The van der Waals surface area contributed by atoms with Crippen molar-refractivity contribution in [3.05, 3.63) is 16.4 Å². The number of nitrogens with one attached hydrogen (secondary N) is 2. The molecule has 1 fully saturated rings. The van der Waals surface area contributed by atoms with Gasteiger partial charge in [-0.2, -0.15) is 0 Å². The molecule has 2 rings (SSSR count). The standard InChI is InChI=1S/C8H13N3O3.ClH/c12-8-10-7(11-14-8)2-1-6-5-9-3-4-13-6;/h6,9H,1-5H2,(H,10,11,12);1H/t6-;/m1./s1. The minimum atomic E-state index is -0.498. The van der Waals surface area contributed by atoms with E-state index in [1.54, 1.807) is 0 Å². The molecule has 0 radical (unpaired) electrons. The fraction of sp³-hybridized carbons (Fsp3) is 0.750. The maximum absolute atomic E-state index is 10.6. The highest BCUT2D eigenvalue weighted by atomic mass is 35.5. The summed E-state index contributed by atoms with van der Waals surface area (Å²) in [6, 6.07) is 0. The molecule has 7 heteroatoms. The van der Waals surface area contributed by atoms with Gasteiger partial charge in [0, 0.05) is 19.5 Å². The number of aryl methyl sites for hydroxylation is 1. The number of hydrogen-bond acceptors (Lipinski definition) is 5. The van der Waals surface area contributed by atoms with Crippen LogP contribution in [-0.2, 0) is 11.2 Å². The number of aromatic amines is 1. The quantitative estimate of drug-likeness (QED) is 0.752. The van der Waals surface area contributed by atoms with E-state index in [1.165, 1.54) is 0 Å². The van der Waals surface area contributed by atoms with Gasteiger partial charge in [-0.25, -0.2) is 4.79 Å². The van der Waals surface area contributed by atoms with Crippen molar-refractivity contribution in [2.45, 2.75) is 18.9 Å². The van der Waals surface area contributed by atoms with Gasteiger partial charge in [0.1, 0.15) is 0 Å². The van der Waals surface area contributed by atoms with Gasteiger partial charge in [-0.3, -0.25) is 9.51 Å². The molecule has 1 aromatic heterocycles. The zero-order chi connectivity index (χ0) is 9.80. The maximum atomic E-state index is 10.6. The van der Waals surface area contributed by atoms with E-state index >= 15 is 0 Å². The summed E-state index contributed by atoms with van der Waals surface area (Å²) in [5, 5.41) is 6.82. The summed E-state index contributed by atoms with van der Waals surface area (Å²) in [4.78, 5) is 13.1. The predicted molar refractivity (Wildman–Crippen MR) is 55.3 cm³/mol. The molecule has 0 amide bonds. The first-order valence-electron chi connectivity index (χ1n) is 4.72. The summed E-state index contributed by atoms with van der Waals surface area (Å²) >= 11 is 0. The van der Waals surface area contributed by atoms with E-state index in [1.807, 2.05) is 0 Å². The van der Waals surface area contributed by atoms with Crippen LogP contribution in [0.5, 0.6) is 0 Å². The first-order valence-corrected chi connectivity index (χ1v) is 4.72. The molecule has 0 bridgehead atoms. The number of nitrogens with zero attached hydrogens (tertiary/aromatic N) is 1. The second-order valence-electron chi connectivity index (χ2n) is 3.28. The minimum Gasteiger partial charge on any atom is -0.376 e. The van der Waals surface area contributed by atoms with E-state index in [9.17, 15) is 4.79 Å². The van der Waals surface area contributed by atoms with Gasteiger partial charge in [-0.15, -0.1) is 12.4 Å². The molecule has 0 aromatic carbocycles. The van der Waals surface area contributed by atoms with Gasteiger partial charge < -0.3 is 10.1 Å². The van der Waals surface area contributed by atoms with Gasteiger partial charge in [0.2, 0.25) is 0 Å². The Kier molecular flexibility index (Phi) is 4.80. The van der Waals surface area contributed by atoms with Crippen molar-refractivity contribution >= 4 is 12.4 Å². The Bertz CT molecular complexity index is 332. The van der Waals surface area contributed by atoms with Gasteiger partial charge in [0.05, 0.1) is 12.7 Å². The van der Waals surface area contributed by atoms with E-state index < -0.39 is 5.76 Å². The third-order valence-corrected chi connectivity index (χ3v) is 2.19. The highest BCUT2D eigenvalue weighted by Gasteiger charge is 2.13. The molecule has 0 saturated carbocycles. The minimum absolute atomic E-state index is 0. The summed E-state index contributed by atoms with van der Waals surface area (Å²) < 4.78 is 9.88. The lowest BCUT2D eigenvalue weighted by Gasteiger charge is -2.22. The van der Waals surface area contributed by atoms with Crippen LogP contribution in [0.1, 0.15) is 12.2 Å². The van der Waals surface area contributed by atoms with Crippen molar-refractivity contribution in [3.63, 3.8) is 0 Å². The summed E-state index contributed by atoms with van der Waals surface area (Å²) in [5.41, 5.74) is 0. The Labute approximate surface area is 92.8 Å². The zero-order valence-corrected chi connectivity index (χ0v) is 9.01. The van der Waals surface area contributed by atoms with Gasteiger partial charge >= 0.3 is 5.76 Å². The Morgan fingerprint density at radius 2 is 2.40 bits per heavy atom. The SMILES string of the molecule is Cl.O=c1[nH]c(CC[C@@H]2CNCCO2)no1.